The predicted molar refractivity (Wildman–Crippen MR) is 75.5 cm³/mol. The maximum atomic E-state index is 5.72. The number of thiocarbonyl (C=S) groups is 1. The van der Waals surface area contributed by atoms with Gasteiger partial charge in [-0.3, -0.25) is 0 Å². The van der Waals surface area contributed by atoms with E-state index in [4.69, 9.17) is 22.4 Å². The molecule has 0 bridgehead atoms. The van der Waals surface area contributed by atoms with Crippen molar-refractivity contribution in [3.8, 4) is 0 Å². The standard InChI is InChI=1S/C12H11N3OS2/c13-12(17)15-9(10-3-1-5-16-10)7-8(14-15)11-4-2-6-18-11/h1-6,9H,7H2,(H2,13,17)/t9-/m0/s1. The minimum absolute atomic E-state index is 0.0328. The number of nitrogens with two attached hydrogens (primary N) is 1. The van der Waals surface area contributed by atoms with Crippen LogP contribution in [0.4, 0.5) is 0 Å². The lowest BCUT2D eigenvalue weighted by molar-refractivity contribution is 0.316. The molecule has 1 aliphatic rings. The summed E-state index contributed by atoms with van der Waals surface area (Å²) in [7, 11) is 0. The van der Waals surface area contributed by atoms with Crippen molar-refractivity contribution in [2.75, 3.05) is 0 Å². The number of hydrazone groups is 1. The first kappa shape index (κ1) is 11.4. The van der Waals surface area contributed by atoms with Crippen LogP contribution in [0.3, 0.4) is 0 Å². The van der Waals surface area contributed by atoms with E-state index in [1.54, 1.807) is 22.6 Å². The van der Waals surface area contributed by atoms with Crippen molar-refractivity contribution in [2.45, 2.75) is 12.5 Å². The van der Waals surface area contributed by atoms with Gasteiger partial charge in [0.2, 0.25) is 0 Å². The van der Waals surface area contributed by atoms with Gasteiger partial charge in [-0.1, -0.05) is 6.07 Å². The zero-order valence-corrected chi connectivity index (χ0v) is 11.1. The lowest BCUT2D eigenvalue weighted by atomic mass is 10.1. The molecule has 18 heavy (non-hydrogen) atoms. The molecule has 2 aromatic rings. The number of furan rings is 1. The Morgan fingerprint density at radius 2 is 2.39 bits per heavy atom. The number of thiophene rings is 1. The molecule has 0 saturated carbocycles. The second-order valence-electron chi connectivity index (χ2n) is 3.94. The summed E-state index contributed by atoms with van der Waals surface area (Å²) in [6, 6.07) is 7.80. The maximum absolute atomic E-state index is 5.72. The minimum Gasteiger partial charge on any atom is -0.467 e. The van der Waals surface area contributed by atoms with Crippen LogP contribution >= 0.6 is 23.6 Å². The molecule has 92 valence electrons. The van der Waals surface area contributed by atoms with Crippen LogP contribution < -0.4 is 5.73 Å². The quantitative estimate of drug-likeness (QED) is 0.858. The molecule has 3 heterocycles. The molecule has 1 aliphatic heterocycles. The van der Waals surface area contributed by atoms with Crippen LogP contribution in [0.25, 0.3) is 0 Å². The first-order chi connectivity index (χ1) is 8.75. The molecule has 0 radical (unpaired) electrons. The lowest BCUT2D eigenvalue weighted by Gasteiger charge is -2.19. The fourth-order valence-corrected chi connectivity index (χ4v) is 2.90. The molecule has 0 saturated heterocycles. The molecule has 2 aromatic heterocycles. The van der Waals surface area contributed by atoms with Gasteiger partial charge >= 0.3 is 0 Å². The number of hydrogen-bond donors (Lipinski definition) is 1. The minimum atomic E-state index is -0.0328. The first-order valence-electron chi connectivity index (χ1n) is 5.49. The summed E-state index contributed by atoms with van der Waals surface area (Å²) >= 11 is 6.71. The van der Waals surface area contributed by atoms with E-state index in [9.17, 15) is 0 Å². The number of rotatable bonds is 2. The van der Waals surface area contributed by atoms with Crippen molar-refractivity contribution in [1.82, 2.24) is 5.01 Å². The highest BCUT2D eigenvalue weighted by molar-refractivity contribution is 7.80. The Morgan fingerprint density at radius 3 is 3.00 bits per heavy atom. The highest BCUT2D eigenvalue weighted by atomic mass is 32.1. The Hall–Kier alpha value is -1.66. The van der Waals surface area contributed by atoms with Gasteiger partial charge in [0.25, 0.3) is 0 Å². The highest BCUT2D eigenvalue weighted by Crippen LogP contribution is 2.33. The smallest absolute Gasteiger partial charge is 0.187 e. The second kappa shape index (κ2) is 4.55. The number of hydrogen-bond acceptors (Lipinski definition) is 4. The predicted octanol–water partition coefficient (Wildman–Crippen LogP) is 2.74. The second-order valence-corrected chi connectivity index (χ2v) is 5.31. The fraction of sp³-hybridized carbons (Fsp3) is 0.167. The van der Waals surface area contributed by atoms with E-state index in [0.29, 0.717) is 0 Å². The van der Waals surface area contributed by atoms with Gasteiger partial charge in [-0.25, -0.2) is 5.01 Å². The van der Waals surface area contributed by atoms with E-state index in [1.165, 1.54) is 0 Å². The molecular weight excluding hydrogens is 266 g/mol. The topological polar surface area (TPSA) is 54.8 Å². The molecule has 3 rings (SSSR count). The fourth-order valence-electron chi connectivity index (χ4n) is 2.01. The summed E-state index contributed by atoms with van der Waals surface area (Å²) < 4.78 is 5.44. The summed E-state index contributed by atoms with van der Waals surface area (Å²) in [5, 5.41) is 8.46. The van der Waals surface area contributed by atoms with Crippen molar-refractivity contribution in [3.63, 3.8) is 0 Å². The molecule has 6 heteroatoms. The van der Waals surface area contributed by atoms with Crippen molar-refractivity contribution in [1.29, 1.82) is 0 Å². The van der Waals surface area contributed by atoms with Crippen LogP contribution in [-0.4, -0.2) is 15.8 Å². The van der Waals surface area contributed by atoms with E-state index in [1.807, 2.05) is 29.6 Å². The molecular formula is C12H11N3OS2. The van der Waals surface area contributed by atoms with E-state index >= 15 is 0 Å². The Bertz CT molecular complexity index is 575. The maximum Gasteiger partial charge on any atom is 0.187 e. The van der Waals surface area contributed by atoms with Gasteiger partial charge in [0.1, 0.15) is 11.8 Å². The normalized spacial score (nSPS) is 19.0. The molecule has 1 atom stereocenters. The van der Waals surface area contributed by atoms with E-state index < -0.39 is 0 Å². The number of nitrogens with zero attached hydrogens (tertiary/aromatic N) is 2. The first-order valence-corrected chi connectivity index (χ1v) is 6.78. The largest absolute Gasteiger partial charge is 0.467 e. The lowest BCUT2D eigenvalue weighted by Crippen LogP contribution is -2.31. The van der Waals surface area contributed by atoms with Gasteiger partial charge < -0.3 is 10.2 Å². The Kier molecular flexibility index (Phi) is 2.89. The van der Waals surface area contributed by atoms with Crippen LogP contribution in [0.5, 0.6) is 0 Å². The van der Waals surface area contributed by atoms with Gasteiger partial charge in [0.05, 0.1) is 16.9 Å². The van der Waals surface area contributed by atoms with E-state index in [0.717, 1.165) is 22.8 Å². The molecule has 0 fully saturated rings. The third kappa shape index (κ3) is 1.93. The third-order valence-electron chi connectivity index (χ3n) is 2.81. The van der Waals surface area contributed by atoms with Crippen LogP contribution in [-0.2, 0) is 0 Å². The average Bonchev–Trinajstić information content (AvgIpc) is 3.10. The monoisotopic (exact) mass is 277 g/mol. The summed E-state index contributed by atoms with van der Waals surface area (Å²) in [4.78, 5) is 1.14. The van der Waals surface area contributed by atoms with Gasteiger partial charge in [-0.15, -0.1) is 11.3 Å². The van der Waals surface area contributed by atoms with Gasteiger partial charge in [-0.05, 0) is 35.8 Å². The van der Waals surface area contributed by atoms with Gasteiger partial charge in [-0.2, -0.15) is 5.10 Å². The van der Waals surface area contributed by atoms with Crippen molar-refractivity contribution >= 4 is 34.4 Å². The highest BCUT2D eigenvalue weighted by Gasteiger charge is 2.32. The summed E-state index contributed by atoms with van der Waals surface area (Å²) in [6.45, 7) is 0. The summed E-state index contributed by atoms with van der Waals surface area (Å²) in [5.74, 6) is 0.832. The summed E-state index contributed by atoms with van der Waals surface area (Å²) in [6.07, 6.45) is 2.40. The Morgan fingerprint density at radius 1 is 1.50 bits per heavy atom. The zero-order chi connectivity index (χ0) is 12.5. The Labute approximate surface area is 114 Å². The Balaban J connectivity index is 1.93. The van der Waals surface area contributed by atoms with Crippen LogP contribution in [0.2, 0.25) is 0 Å². The average molecular weight is 277 g/mol. The van der Waals surface area contributed by atoms with Crippen molar-refractivity contribution < 1.29 is 4.42 Å². The molecule has 2 N–H and O–H groups in total. The van der Waals surface area contributed by atoms with E-state index in [2.05, 4.69) is 5.10 Å². The van der Waals surface area contributed by atoms with Crippen LogP contribution in [0.15, 0.2) is 45.4 Å². The van der Waals surface area contributed by atoms with Gasteiger partial charge in [0.15, 0.2) is 5.11 Å². The zero-order valence-electron chi connectivity index (χ0n) is 9.45. The van der Waals surface area contributed by atoms with E-state index in [-0.39, 0.29) is 11.2 Å². The molecule has 0 spiro atoms. The molecule has 4 nitrogen and oxygen atoms in total. The molecule has 0 aromatic carbocycles. The van der Waals surface area contributed by atoms with Gasteiger partial charge in [0, 0.05) is 6.42 Å². The summed E-state index contributed by atoms with van der Waals surface area (Å²) in [5.41, 5.74) is 6.72. The molecule has 0 amide bonds. The molecule has 0 aliphatic carbocycles. The van der Waals surface area contributed by atoms with Crippen LogP contribution in [0.1, 0.15) is 23.1 Å². The third-order valence-corrected chi connectivity index (χ3v) is 3.92. The molecule has 0 unspecified atom stereocenters. The van der Waals surface area contributed by atoms with Crippen molar-refractivity contribution in [3.05, 3.63) is 46.5 Å². The SMILES string of the molecule is NC(=S)N1N=C(c2cccs2)C[C@H]1c1ccco1. The van der Waals surface area contributed by atoms with Crippen LogP contribution in [0, 0.1) is 0 Å². The van der Waals surface area contributed by atoms with Crippen molar-refractivity contribution in [2.24, 2.45) is 10.8 Å².